The topological polar surface area (TPSA) is 0 Å². The molecule has 0 fully saturated rings. The number of rotatable bonds is 4. The first-order valence-electron chi connectivity index (χ1n) is 3.69. The Kier molecular flexibility index (Phi) is 5.46. The summed E-state index contributed by atoms with van der Waals surface area (Å²) < 4.78 is 34.4. The van der Waals surface area contributed by atoms with Crippen molar-refractivity contribution in [3.63, 3.8) is 0 Å². The SMILES string of the molecule is CCCCC[C@@H](I)C(F)(F)F. The fourth-order valence-electron chi connectivity index (χ4n) is 0.737. The molecule has 4 heteroatoms. The van der Waals surface area contributed by atoms with E-state index in [1.165, 1.54) is 22.6 Å². The van der Waals surface area contributed by atoms with Gasteiger partial charge in [0.05, 0.1) is 0 Å². The largest absolute Gasteiger partial charge is 0.400 e. The van der Waals surface area contributed by atoms with Crippen LogP contribution in [0, 0.1) is 0 Å². The third kappa shape index (κ3) is 5.75. The van der Waals surface area contributed by atoms with Gasteiger partial charge in [-0.2, -0.15) is 13.2 Å². The Morgan fingerprint density at radius 3 is 2.18 bits per heavy atom. The standard InChI is InChI=1S/C7H12F3I/c1-2-3-4-5-6(11)7(8,9)10/h6H,2-5H2,1H3/t6-/m1/s1. The minimum atomic E-state index is -4.01. The van der Waals surface area contributed by atoms with Crippen molar-refractivity contribution in [2.45, 2.75) is 42.7 Å². The molecule has 0 saturated carbocycles. The van der Waals surface area contributed by atoms with Crippen LogP contribution < -0.4 is 0 Å². The molecule has 0 unspecified atom stereocenters. The second kappa shape index (κ2) is 5.22. The van der Waals surface area contributed by atoms with Gasteiger partial charge in [0.25, 0.3) is 0 Å². The zero-order valence-corrected chi connectivity index (χ0v) is 8.58. The van der Waals surface area contributed by atoms with Gasteiger partial charge in [0.2, 0.25) is 0 Å². The van der Waals surface area contributed by atoms with Gasteiger partial charge in [0.1, 0.15) is 3.92 Å². The highest BCUT2D eigenvalue weighted by Crippen LogP contribution is 2.30. The summed E-state index contributed by atoms with van der Waals surface area (Å²) in [6.07, 6.45) is -1.19. The van der Waals surface area contributed by atoms with Crippen LogP contribution in [0.1, 0.15) is 32.6 Å². The molecule has 0 aromatic heterocycles. The second-order valence-electron chi connectivity index (χ2n) is 2.50. The lowest BCUT2D eigenvalue weighted by Gasteiger charge is -2.12. The van der Waals surface area contributed by atoms with E-state index < -0.39 is 10.1 Å². The fraction of sp³-hybridized carbons (Fsp3) is 1.00. The molecule has 0 radical (unpaired) electrons. The van der Waals surface area contributed by atoms with Gasteiger partial charge in [0, 0.05) is 0 Å². The predicted octanol–water partition coefficient (Wildman–Crippen LogP) is 3.93. The highest BCUT2D eigenvalue weighted by atomic mass is 127. The molecule has 11 heavy (non-hydrogen) atoms. The van der Waals surface area contributed by atoms with E-state index in [1.54, 1.807) is 0 Å². The van der Waals surface area contributed by atoms with Crippen LogP contribution in [-0.4, -0.2) is 10.1 Å². The quantitative estimate of drug-likeness (QED) is 0.416. The van der Waals surface area contributed by atoms with Gasteiger partial charge >= 0.3 is 6.18 Å². The van der Waals surface area contributed by atoms with Crippen LogP contribution in [0.3, 0.4) is 0 Å². The zero-order chi connectivity index (χ0) is 8.91. The highest BCUT2D eigenvalue weighted by molar-refractivity contribution is 14.1. The normalized spacial score (nSPS) is 15.0. The van der Waals surface area contributed by atoms with Crippen LogP contribution >= 0.6 is 22.6 Å². The molecule has 0 aromatic carbocycles. The summed E-state index contributed by atoms with van der Waals surface area (Å²) in [5.74, 6) is 0. The Balaban J connectivity index is 3.44. The molecule has 0 aliphatic heterocycles. The maximum atomic E-state index is 11.9. The molecule has 0 nitrogen and oxygen atoms in total. The van der Waals surface area contributed by atoms with E-state index in [0.29, 0.717) is 6.42 Å². The third-order valence-electron chi connectivity index (χ3n) is 1.42. The summed E-state index contributed by atoms with van der Waals surface area (Å²) in [4.78, 5) is 0. The minimum Gasteiger partial charge on any atom is -0.170 e. The fourth-order valence-corrected chi connectivity index (χ4v) is 1.18. The second-order valence-corrected chi connectivity index (χ2v) is 4.01. The lowest BCUT2D eigenvalue weighted by atomic mass is 10.1. The van der Waals surface area contributed by atoms with Gasteiger partial charge in [-0.05, 0) is 6.42 Å². The van der Waals surface area contributed by atoms with Crippen LogP contribution in [0.4, 0.5) is 13.2 Å². The van der Waals surface area contributed by atoms with E-state index in [1.807, 2.05) is 6.92 Å². The van der Waals surface area contributed by atoms with Crippen molar-refractivity contribution in [1.29, 1.82) is 0 Å². The molecule has 68 valence electrons. The molecule has 0 heterocycles. The molecule has 0 N–H and O–H groups in total. The van der Waals surface area contributed by atoms with Crippen molar-refractivity contribution in [1.82, 2.24) is 0 Å². The summed E-state index contributed by atoms with van der Waals surface area (Å²) in [5.41, 5.74) is 0. The summed E-state index contributed by atoms with van der Waals surface area (Å²) >= 11 is 1.46. The zero-order valence-electron chi connectivity index (χ0n) is 6.42. The minimum absolute atomic E-state index is 0.262. The predicted molar refractivity (Wildman–Crippen MR) is 48.0 cm³/mol. The van der Waals surface area contributed by atoms with Crippen molar-refractivity contribution in [3.05, 3.63) is 0 Å². The smallest absolute Gasteiger partial charge is 0.170 e. The molecule has 0 spiro atoms. The van der Waals surface area contributed by atoms with Gasteiger partial charge in [0.15, 0.2) is 0 Å². The van der Waals surface area contributed by atoms with E-state index >= 15 is 0 Å². The monoisotopic (exact) mass is 280 g/mol. The first-order chi connectivity index (χ1) is 4.98. The van der Waals surface area contributed by atoms with Crippen LogP contribution in [0.2, 0.25) is 0 Å². The van der Waals surface area contributed by atoms with Crippen LogP contribution in [-0.2, 0) is 0 Å². The lowest BCUT2D eigenvalue weighted by Crippen LogP contribution is -2.22. The Bertz CT molecular complexity index is 100. The van der Waals surface area contributed by atoms with Crippen LogP contribution in [0.15, 0.2) is 0 Å². The number of halogens is 4. The number of hydrogen-bond donors (Lipinski definition) is 0. The maximum absolute atomic E-state index is 11.9. The Labute approximate surface area is 78.7 Å². The number of hydrogen-bond acceptors (Lipinski definition) is 0. The summed E-state index contributed by atoms with van der Waals surface area (Å²) in [6, 6.07) is 0. The average Bonchev–Trinajstić information content (AvgIpc) is 1.86. The van der Waals surface area contributed by atoms with Crippen LogP contribution in [0.25, 0.3) is 0 Å². The lowest BCUT2D eigenvalue weighted by molar-refractivity contribution is -0.126. The third-order valence-corrected chi connectivity index (χ3v) is 2.75. The van der Waals surface area contributed by atoms with E-state index in [0.717, 1.165) is 12.8 Å². The van der Waals surface area contributed by atoms with E-state index in [2.05, 4.69) is 0 Å². The van der Waals surface area contributed by atoms with E-state index in [4.69, 9.17) is 0 Å². The molecule has 0 rings (SSSR count). The van der Waals surface area contributed by atoms with Gasteiger partial charge in [-0.3, -0.25) is 0 Å². The van der Waals surface area contributed by atoms with Crippen molar-refractivity contribution in [2.24, 2.45) is 0 Å². The maximum Gasteiger partial charge on any atom is 0.400 e. The van der Waals surface area contributed by atoms with Gasteiger partial charge < -0.3 is 0 Å². The Morgan fingerprint density at radius 1 is 1.27 bits per heavy atom. The Hall–Kier alpha value is 0.520. The highest BCUT2D eigenvalue weighted by Gasteiger charge is 2.36. The summed E-state index contributed by atoms with van der Waals surface area (Å²) in [7, 11) is 0. The molecule has 1 atom stereocenters. The van der Waals surface area contributed by atoms with Crippen molar-refractivity contribution in [3.8, 4) is 0 Å². The number of unbranched alkanes of at least 4 members (excludes halogenated alkanes) is 2. The van der Waals surface area contributed by atoms with Gasteiger partial charge in [-0.15, -0.1) is 0 Å². The average molecular weight is 280 g/mol. The molecule has 0 bridgehead atoms. The molecule has 0 aliphatic carbocycles. The van der Waals surface area contributed by atoms with E-state index in [-0.39, 0.29) is 6.42 Å². The van der Waals surface area contributed by atoms with Crippen LogP contribution in [0.5, 0.6) is 0 Å². The van der Waals surface area contributed by atoms with E-state index in [9.17, 15) is 13.2 Å². The molecule has 0 amide bonds. The summed E-state index contributed by atoms with van der Waals surface area (Å²) in [6.45, 7) is 1.98. The molecule has 0 aliphatic rings. The molecule has 0 aromatic rings. The van der Waals surface area contributed by atoms with Gasteiger partial charge in [-0.25, -0.2) is 0 Å². The Morgan fingerprint density at radius 2 is 1.82 bits per heavy atom. The molecular weight excluding hydrogens is 268 g/mol. The first-order valence-corrected chi connectivity index (χ1v) is 4.93. The first kappa shape index (κ1) is 11.5. The van der Waals surface area contributed by atoms with Crippen molar-refractivity contribution >= 4 is 22.6 Å². The number of alkyl halides is 4. The van der Waals surface area contributed by atoms with Crippen molar-refractivity contribution in [2.75, 3.05) is 0 Å². The van der Waals surface area contributed by atoms with Crippen molar-refractivity contribution < 1.29 is 13.2 Å². The van der Waals surface area contributed by atoms with Gasteiger partial charge in [-0.1, -0.05) is 48.8 Å². The summed E-state index contributed by atoms with van der Waals surface area (Å²) in [5, 5.41) is 0. The molecule has 0 saturated heterocycles. The molecular formula is C7H12F3I.